The Labute approximate surface area is 236 Å². The highest BCUT2D eigenvalue weighted by Crippen LogP contribution is 2.43. The molecule has 0 saturated heterocycles. The van der Waals surface area contributed by atoms with Gasteiger partial charge in [0.25, 0.3) is 0 Å². The van der Waals surface area contributed by atoms with Gasteiger partial charge in [-0.25, -0.2) is 0 Å². The van der Waals surface area contributed by atoms with Crippen molar-refractivity contribution in [2.75, 3.05) is 0 Å². The molecule has 0 radical (unpaired) electrons. The highest BCUT2D eigenvalue weighted by molar-refractivity contribution is 6.33. The molecular formula is C39H24N2. The first kappa shape index (κ1) is 22.4. The summed E-state index contributed by atoms with van der Waals surface area (Å²) in [5.41, 5.74) is 5.71. The Morgan fingerprint density at radius 2 is 1.00 bits per heavy atom. The fourth-order valence-electron chi connectivity index (χ4n) is 6.73. The van der Waals surface area contributed by atoms with Crippen molar-refractivity contribution in [2.45, 2.75) is 0 Å². The Bertz CT molecular complexity index is 2430. The van der Waals surface area contributed by atoms with Crippen LogP contribution in [0.25, 0.3) is 81.8 Å². The summed E-state index contributed by atoms with van der Waals surface area (Å²) in [5, 5.41) is 12.6. The average Bonchev–Trinajstić information content (AvgIpc) is 3.39. The summed E-state index contributed by atoms with van der Waals surface area (Å²) in [4.78, 5) is 4.77. The number of pyridine rings is 1. The van der Waals surface area contributed by atoms with E-state index in [9.17, 15) is 0 Å². The summed E-state index contributed by atoms with van der Waals surface area (Å²) in [5.74, 6) is 0. The van der Waals surface area contributed by atoms with Crippen molar-refractivity contribution in [2.24, 2.45) is 0 Å². The maximum Gasteiger partial charge on any atom is 0.0708 e. The number of hydrogen-bond donors (Lipinski definition) is 0. The molecule has 2 heterocycles. The van der Waals surface area contributed by atoms with Crippen LogP contribution in [0.15, 0.2) is 146 Å². The fraction of sp³-hybridized carbons (Fsp3) is 0. The van der Waals surface area contributed by atoms with Crippen LogP contribution in [0, 0.1) is 0 Å². The molecule has 0 saturated carbocycles. The second-order valence-electron chi connectivity index (χ2n) is 10.8. The lowest BCUT2D eigenvalue weighted by molar-refractivity contribution is 1.19. The van der Waals surface area contributed by atoms with Crippen LogP contribution < -0.4 is 0 Å². The molecule has 2 heteroatoms. The van der Waals surface area contributed by atoms with Crippen molar-refractivity contribution >= 4 is 64.9 Å². The van der Waals surface area contributed by atoms with Gasteiger partial charge in [-0.2, -0.15) is 0 Å². The Morgan fingerprint density at radius 3 is 1.76 bits per heavy atom. The van der Waals surface area contributed by atoms with Gasteiger partial charge in [0, 0.05) is 39.0 Å². The summed E-state index contributed by atoms with van der Waals surface area (Å²) < 4.78 is 2.45. The summed E-state index contributed by atoms with van der Waals surface area (Å²) in [6, 6.07) is 50.5. The molecule has 190 valence electrons. The molecular weight excluding hydrogens is 496 g/mol. The molecule has 0 N–H and O–H groups in total. The number of hydrogen-bond acceptors (Lipinski definition) is 1. The predicted octanol–water partition coefficient (Wildman–Crippen LogP) is 10.5. The summed E-state index contributed by atoms with van der Waals surface area (Å²) in [7, 11) is 0. The summed E-state index contributed by atoms with van der Waals surface area (Å²) >= 11 is 0. The van der Waals surface area contributed by atoms with Gasteiger partial charge in [0.2, 0.25) is 0 Å². The molecule has 0 spiro atoms. The Morgan fingerprint density at radius 1 is 0.439 bits per heavy atom. The van der Waals surface area contributed by atoms with E-state index in [0.29, 0.717) is 0 Å². The van der Waals surface area contributed by atoms with Crippen molar-refractivity contribution in [3.8, 4) is 16.9 Å². The minimum atomic E-state index is 0.986. The van der Waals surface area contributed by atoms with E-state index in [1.165, 1.54) is 59.5 Å². The van der Waals surface area contributed by atoms with E-state index in [4.69, 9.17) is 4.98 Å². The SMILES string of the molecule is c1ccc2cc(-c3ccc(-n4c5ccccc5c5ccc6c7ccccc7c7ccccc7c6c54)cc3)ncc2c1. The zero-order valence-corrected chi connectivity index (χ0v) is 22.3. The normalized spacial score (nSPS) is 11.9. The van der Waals surface area contributed by atoms with Gasteiger partial charge in [0.05, 0.1) is 16.7 Å². The second kappa shape index (κ2) is 8.51. The molecule has 9 aromatic rings. The zero-order valence-electron chi connectivity index (χ0n) is 22.3. The van der Waals surface area contributed by atoms with Crippen molar-refractivity contribution < 1.29 is 0 Å². The van der Waals surface area contributed by atoms with Crippen molar-refractivity contribution in [1.82, 2.24) is 9.55 Å². The van der Waals surface area contributed by atoms with Gasteiger partial charge in [-0.3, -0.25) is 4.98 Å². The molecule has 0 atom stereocenters. The molecule has 0 aliphatic heterocycles. The molecule has 0 fully saturated rings. The van der Waals surface area contributed by atoms with Crippen LogP contribution in [0.1, 0.15) is 0 Å². The molecule has 0 bridgehead atoms. The minimum absolute atomic E-state index is 0.986. The predicted molar refractivity (Wildman–Crippen MR) is 174 cm³/mol. The smallest absolute Gasteiger partial charge is 0.0708 e. The van der Waals surface area contributed by atoms with Crippen LogP contribution in [0.5, 0.6) is 0 Å². The lowest BCUT2D eigenvalue weighted by Crippen LogP contribution is -1.95. The molecule has 2 nitrogen and oxygen atoms in total. The first-order chi connectivity index (χ1) is 20.3. The summed E-state index contributed by atoms with van der Waals surface area (Å²) in [6.07, 6.45) is 1.97. The largest absolute Gasteiger partial charge is 0.309 e. The van der Waals surface area contributed by atoms with E-state index in [2.05, 4.69) is 144 Å². The zero-order chi connectivity index (χ0) is 26.9. The molecule has 0 amide bonds. The number of para-hydroxylation sites is 1. The van der Waals surface area contributed by atoms with Gasteiger partial charge in [-0.05, 0) is 56.6 Å². The quantitative estimate of drug-likeness (QED) is 0.207. The lowest BCUT2D eigenvalue weighted by atomic mass is 9.93. The maximum atomic E-state index is 4.77. The van der Waals surface area contributed by atoms with E-state index < -0.39 is 0 Å². The Kier molecular flexibility index (Phi) is 4.64. The molecule has 0 aliphatic carbocycles. The van der Waals surface area contributed by atoms with E-state index >= 15 is 0 Å². The third kappa shape index (κ3) is 3.22. The van der Waals surface area contributed by atoms with Gasteiger partial charge in [-0.15, -0.1) is 0 Å². The number of aromatic nitrogens is 2. The van der Waals surface area contributed by atoms with E-state index in [1.807, 2.05) is 6.20 Å². The van der Waals surface area contributed by atoms with Crippen molar-refractivity contribution in [1.29, 1.82) is 0 Å². The third-order valence-corrected chi connectivity index (χ3v) is 8.59. The van der Waals surface area contributed by atoms with Gasteiger partial charge in [0.1, 0.15) is 0 Å². The van der Waals surface area contributed by atoms with Gasteiger partial charge in [0.15, 0.2) is 0 Å². The highest BCUT2D eigenvalue weighted by atomic mass is 15.0. The average molecular weight is 521 g/mol. The van der Waals surface area contributed by atoms with Gasteiger partial charge in [-0.1, -0.05) is 115 Å². The molecule has 41 heavy (non-hydrogen) atoms. The van der Waals surface area contributed by atoms with Crippen LogP contribution >= 0.6 is 0 Å². The minimum Gasteiger partial charge on any atom is -0.309 e. The number of rotatable bonds is 2. The topological polar surface area (TPSA) is 17.8 Å². The number of benzene rings is 7. The molecule has 0 unspecified atom stereocenters. The Balaban J connectivity index is 1.37. The first-order valence-corrected chi connectivity index (χ1v) is 14.1. The van der Waals surface area contributed by atoms with E-state index in [-0.39, 0.29) is 0 Å². The second-order valence-corrected chi connectivity index (χ2v) is 10.8. The molecule has 9 rings (SSSR count). The summed E-state index contributed by atoms with van der Waals surface area (Å²) in [6.45, 7) is 0. The molecule has 0 aliphatic rings. The van der Waals surface area contributed by atoms with Crippen LogP contribution in [0.2, 0.25) is 0 Å². The number of nitrogens with zero attached hydrogens (tertiary/aromatic N) is 2. The first-order valence-electron chi connectivity index (χ1n) is 14.1. The van der Waals surface area contributed by atoms with Crippen molar-refractivity contribution in [3.05, 3.63) is 146 Å². The van der Waals surface area contributed by atoms with Crippen LogP contribution in [-0.2, 0) is 0 Å². The fourth-order valence-corrected chi connectivity index (χ4v) is 6.73. The van der Waals surface area contributed by atoms with Gasteiger partial charge < -0.3 is 4.57 Å². The number of fused-ring (bicyclic) bond motifs is 11. The van der Waals surface area contributed by atoms with Crippen molar-refractivity contribution in [3.63, 3.8) is 0 Å². The van der Waals surface area contributed by atoms with Crippen LogP contribution in [-0.4, -0.2) is 9.55 Å². The molecule has 2 aromatic heterocycles. The third-order valence-electron chi connectivity index (χ3n) is 8.59. The maximum absolute atomic E-state index is 4.77. The van der Waals surface area contributed by atoms with Gasteiger partial charge >= 0.3 is 0 Å². The van der Waals surface area contributed by atoms with E-state index in [1.54, 1.807) is 0 Å². The van der Waals surface area contributed by atoms with E-state index in [0.717, 1.165) is 22.3 Å². The molecule has 7 aromatic carbocycles. The standard InChI is InChI=1S/C39H24N2/c1-2-10-27-24-40-36(23-26(27)9-1)25-17-19-28(20-18-25)41-37-16-8-7-14-32(37)35-22-21-34-31-13-4-3-11-29(31)30-12-5-6-15-33(30)38(34)39(35)41/h1-24H. The highest BCUT2D eigenvalue weighted by Gasteiger charge is 2.18. The van der Waals surface area contributed by atoms with Crippen LogP contribution in [0.4, 0.5) is 0 Å². The lowest BCUT2D eigenvalue weighted by Gasteiger charge is -2.15. The Hall–Kier alpha value is -5.47. The van der Waals surface area contributed by atoms with Crippen LogP contribution in [0.3, 0.4) is 0 Å². The monoisotopic (exact) mass is 520 g/mol.